The van der Waals surface area contributed by atoms with E-state index < -0.39 is 0 Å². The number of para-hydroxylation sites is 1. The Morgan fingerprint density at radius 1 is 1.17 bits per heavy atom. The lowest BCUT2D eigenvalue weighted by Crippen LogP contribution is -1.97. The Hall–Kier alpha value is -2.36. The number of nitrogens with zero attached hydrogens (tertiary/aromatic N) is 3. The molecule has 4 heteroatoms. The van der Waals surface area contributed by atoms with Gasteiger partial charge in [0.2, 0.25) is 0 Å². The Morgan fingerprint density at radius 3 is 2.83 bits per heavy atom. The minimum absolute atomic E-state index is 0.832. The molecule has 0 radical (unpaired) electrons. The Kier molecular flexibility index (Phi) is 2.48. The number of hydrogen-bond acceptors (Lipinski definition) is 3. The van der Waals surface area contributed by atoms with Crippen molar-refractivity contribution in [3.8, 4) is 17.0 Å². The summed E-state index contributed by atoms with van der Waals surface area (Å²) in [6.07, 6.45) is 1.79. The first-order valence-corrected chi connectivity index (χ1v) is 5.74. The van der Waals surface area contributed by atoms with Gasteiger partial charge in [0.05, 0.1) is 18.5 Å². The average molecular weight is 239 g/mol. The summed E-state index contributed by atoms with van der Waals surface area (Å²) >= 11 is 0. The summed E-state index contributed by atoms with van der Waals surface area (Å²) in [5.41, 5.74) is 3.78. The zero-order valence-corrected chi connectivity index (χ0v) is 10.3. The molecule has 2 aromatic heterocycles. The van der Waals surface area contributed by atoms with Gasteiger partial charge in [0.15, 0.2) is 5.65 Å². The van der Waals surface area contributed by atoms with Gasteiger partial charge in [0.1, 0.15) is 5.75 Å². The van der Waals surface area contributed by atoms with Crippen LogP contribution in [0.5, 0.6) is 5.75 Å². The molecule has 0 amide bonds. The summed E-state index contributed by atoms with van der Waals surface area (Å²) in [5.74, 6) is 0.832. The SMILES string of the molecule is COc1ccccc1-c1ccnc2cc(C)nn12. The topological polar surface area (TPSA) is 39.4 Å². The third-order valence-electron chi connectivity index (χ3n) is 2.86. The minimum atomic E-state index is 0.832. The molecule has 1 aromatic carbocycles. The van der Waals surface area contributed by atoms with Crippen molar-refractivity contribution in [3.05, 3.63) is 48.3 Å². The average Bonchev–Trinajstić information content (AvgIpc) is 2.78. The van der Waals surface area contributed by atoms with Gasteiger partial charge >= 0.3 is 0 Å². The van der Waals surface area contributed by atoms with Crippen LogP contribution in [0.25, 0.3) is 16.9 Å². The highest BCUT2D eigenvalue weighted by atomic mass is 16.5. The van der Waals surface area contributed by atoms with Crippen molar-refractivity contribution in [2.24, 2.45) is 0 Å². The second-order valence-corrected chi connectivity index (χ2v) is 4.09. The fraction of sp³-hybridized carbons (Fsp3) is 0.143. The highest BCUT2D eigenvalue weighted by Gasteiger charge is 2.10. The van der Waals surface area contributed by atoms with E-state index in [0.29, 0.717) is 0 Å². The van der Waals surface area contributed by atoms with Crippen LogP contribution < -0.4 is 4.74 Å². The fourth-order valence-electron chi connectivity index (χ4n) is 2.07. The zero-order valence-electron chi connectivity index (χ0n) is 10.3. The van der Waals surface area contributed by atoms with Crippen LogP contribution in [0.15, 0.2) is 42.6 Å². The molecule has 0 aliphatic carbocycles. The number of benzene rings is 1. The number of aromatic nitrogens is 3. The summed E-state index contributed by atoms with van der Waals surface area (Å²) in [4.78, 5) is 4.30. The van der Waals surface area contributed by atoms with E-state index in [1.54, 1.807) is 13.3 Å². The number of aryl methyl sites for hydroxylation is 1. The Labute approximate surface area is 105 Å². The van der Waals surface area contributed by atoms with Crippen molar-refractivity contribution < 1.29 is 4.74 Å². The Bertz CT molecular complexity index is 703. The molecule has 0 saturated carbocycles. The van der Waals surface area contributed by atoms with Gasteiger partial charge in [-0.1, -0.05) is 12.1 Å². The van der Waals surface area contributed by atoms with Crippen LogP contribution in [0.1, 0.15) is 5.69 Å². The van der Waals surface area contributed by atoms with E-state index in [4.69, 9.17) is 4.74 Å². The molecule has 0 N–H and O–H groups in total. The highest BCUT2D eigenvalue weighted by molar-refractivity contribution is 5.69. The van der Waals surface area contributed by atoms with E-state index in [1.165, 1.54) is 0 Å². The van der Waals surface area contributed by atoms with Gasteiger partial charge in [-0.25, -0.2) is 9.50 Å². The predicted octanol–water partition coefficient (Wildman–Crippen LogP) is 2.71. The van der Waals surface area contributed by atoms with E-state index in [0.717, 1.165) is 28.3 Å². The second-order valence-electron chi connectivity index (χ2n) is 4.09. The van der Waals surface area contributed by atoms with Crippen LogP contribution >= 0.6 is 0 Å². The van der Waals surface area contributed by atoms with Crippen LogP contribution in [0, 0.1) is 6.92 Å². The molecule has 18 heavy (non-hydrogen) atoms. The predicted molar refractivity (Wildman–Crippen MR) is 69.7 cm³/mol. The van der Waals surface area contributed by atoms with E-state index >= 15 is 0 Å². The quantitative estimate of drug-likeness (QED) is 0.690. The van der Waals surface area contributed by atoms with E-state index in [9.17, 15) is 0 Å². The normalized spacial score (nSPS) is 10.8. The smallest absolute Gasteiger partial charge is 0.155 e. The van der Waals surface area contributed by atoms with Gasteiger partial charge in [-0.05, 0) is 25.1 Å². The van der Waals surface area contributed by atoms with Crippen molar-refractivity contribution in [1.29, 1.82) is 0 Å². The zero-order chi connectivity index (χ0) is 12.5. The maximum absolute atomic E-state index is 5.39. The molecule has 0 unspecified atom stereocenters. The molecule has 4 nitrogen and oxygen atoms in total. The number of methoxy groups -OCH3 is 1. The number of rotatable bonds is 2. The van der Waals surface area contributed by atoms with Crippen LogP contribution in [0.3, 0.4) is 0 Å². The molecule has 0 fully saturated rings. The van der Waals surface area contributed by atoms with Crippen LogP contribution in [-0.4, -0.2) is 21.7 Å². The van der Waals surface area contributed by atoms with Crippen LogP contribution in [-0.2, 0) is 0 Å². The fourth-order valence-corrected chi connectivity index (χ4v) is 2.07. The van der Waals surface area contributed by atoms with Crippen molar-refractivity contribution in [2.75, 3.05) is 7.11 Å². The van der Waals surface area contributed by atoms with E-state index in [1.807, 2.05) is 47.8 Å². The lowest BCUT2D eigenvalue weighted by Gasteiger charge is -2.09. The van der Waals surface area contributed by atoms with Crippen LogP contribution in [0.4, 0.5) is 0 Å². The lowest BCUT2D eigenvalue weighted by atomic mass is 10.1. The molecule has 0 aliphatic heterocycles. The summed E-state index contributed by atoms with van der Waals surface area (Å²) in [5, 5.41) is 4.46. The summed E-state index contributed by atoms with van der Waals surface area (Å²) in [7, 11) is 1.67. The number of ether oxygens (including phenoxy) is 1. The third-order valence-corrected chi connectivity index (χ3v) is 2.86. The lowest BCUT2D eigenvalue weighted by molar-refractivity contribution is 0.416. The Balaban J connectivity index is 2.31. The van der Waals surface area contributed by atoms with Crippen molar-refractivity contribution >= 4 is 5.65 Å². The van der Waals surface area contributed by atoms with E-state index in [-0.39, 0.29) is 0 Å². The molecule has 3 aromatic rings. The molecule has 90 valence electrons. The van der Waals surface area contributed by atoms with Gasteiger partial charge < -0.3 is 4.74 Å². The van der Waals surface area contributed by atoms with Gasteiger partial charge in [-0.3, -0.25) is 0 Å². The third kappa shape index (κ3) is 1.62. The maximum atomic E-state index is 5.39. The second kappa shape index (κ2) is 4.14. The first kappa shape index (κ1) is 10.8. The van der Waals surface area contributed by atoms with Gasteiger partial charge in [0.25, 0.3) is 0 Å². The molecule has 3 rings (SSSR count). The maximum Gasteiger partial charge on any atom is 0.155 e. The monoisotopic (exact) mass is 239 g/mol. The minimum Gasteiger partial charge on any atom is -0.496 e. The molecule has 2 heterocycles. The largest absolute Gasteiger partial charge is 0.496 e. The first-order valence-electron chi connectivity index (χ1n) is 5.74. The summed E-state index contributed by atoms with van der Waals surface area (Å²) in [6.45, 7) is 1.96. The molecular formula is C14H13N3O. The number of fused-ring (bicyclic) bond motifs is 1. The molecule has 0 bridgehead atoms. The van der Waals surface area contributed by atoms with Crippen LogP contribution in [0.2, 0.25) is 0 Å². The highest BCUT2D eigenvalue weighted by Crippen LogP contribution is 2.29. The number of hydrogen-bond donors (Lipinski definition) is 0. The van der Waals surface area contributed by atoms with Crippen molar-refractivity contribution in [3.63, 3.8) is 0 Å². The van der Waals surface area contributed by atoms with Gasteiger partial charge in [-0.2, -0.15) is 5.10 Å². The molecule has 0 aliphatic rings. The van der Waals surface area contributed by atoms with Crippen molar-refractivity contribution in [2.45, 2.75) is 6.92 Å². The Morgan fingerprint density at radius 2 is 2.00 bits per heavy atom. The molecule has 0 saturated heterocycles. The van der Waals surface area contributed by atoms with Crippen molar-refractivity contribution in [1.82, 2.24) is 14.6 Å². The van der Waals surface area contributed by atoms with E-state index in [2.05, 4.69) is 10.1 Å². The standard InChI is InChI=1S/C14H13N3O/c1-10-9-14-15-8-7-12(17(14)16-10)11-5-3-4-6-13(11)18-2/h3-9H,1-2H3. The molecule has 0 atom stereocenters. The summed E-state index contributed by atoms with van der Waals surface area (Å²) < 4.78 is 7.23. The van der Waals surface area contributed by atoms with Gasteiger partial charge in [0, 0.05) is 17.8 Å². The first-order chi connectivity index (χ1) is 8.79. The van der Waals surface area contributed by atoms with Gasteiger partial charge in [-0.15, -0.1) is 0 Å². The molecular weight excluding hydrogens is 226 g/mol. The summed E-state index contributed by atoms with van der Waals surface area (Å²) in [6, 6.07) is 11.8. The molecule has 0 spiro atoms.